The molecule has 3 rings (SSSR count). The number of hydrogen-bond donors (Lipinski definition) is 1. The van der Waals surface area contributed by atoms with E-state index in [1.54, 1.807) is 54.6 Å². The maximum Gasteiger partial charge on any atom is 0.349 e. The van der Waals surface area contributed by atoms with Crippen LogP contribution in [0.25, 0.3) is 17.0 Å². The van der Waals surface area contributed by atoms with E-state index in [2.05, 4.69) is 4.84 Å². The van der Waals surface area contributed by atoms with Gasteiger partial charge in [-0.3, -0.25) is 0 Å². The smallest absolute Gasteiger partial charge is 0.349 e. The van der Waals surface area contributed by atoms with E-state index in [-0.39, 0.29) is 4.90 Å². The first-order valence-corrected chi connectivity index (χ1v) is 8.47. The number of nitrogens with two attached hydrogens (primary N) is 1. The topological polar surface area (TPSA) is 91.4 Å². The summed E-state index contributed by atoms with van der Waals surface area (Å²) < 4.78 is 26.8. The number of nitrogens with zero attached hydrogens (tertiary/aromatic N) is 1. The number of benzene rings is 2. The summed E-state index contributed by atoms with van der Waals surface area (Å²) in [5.74, 6) is 4.10. The molecule has 0 aliphatic heterocycles. The van der Waals surface area contributed by atoms with Gasteiger partial charge in [0, 0.05) is 17.7 Å². The second-order valence-corrected chi connectivity index (χ2v) is 6.79. The lowest BCUT2D eigenvalue weighted by Crippen LogP contribution is -2.11. The number of hydrogen-bond acceptors (Lipinski definition) is 5. The minimum absolute atomic E-state index is 0.204. The molecule has 0 amide bonds. The Morgan fingerprint density at radius 1 is 1.04 bits per heavy atom. The minimum Gasteiger partial charge on any atom is -0.370 e. The van der Waals surface area contributed by atoms with E-state index in [0.29, 0.717) is 16.5 Å². The lowest BCUT2D eigenvalue weighted by molar-refractivity contribution is -0.138. The van der Waals surface area contributed by atoms with E-state index >= 15 is 0 Å². The van der Waals surface area contributed by atoms with Gasteiger partial charge in [0.1, 0.15) is 0 Å². The lowest BCUT2D eigenvalue weighted by Gasteiger charge is -2.07. The fourth-order valence-electron chi connectivity index (χ4n) is 2.42. The summed E-state index contributed by atoms with van der Waals surface area (Å²) in [6.07, 6.45) is 4.19. The highest BCUT2D eigenvalue weighted by molar-refractivity contribution is 7.90. The molecule has 1 heterocycles. The fraction of sp³-hybridized carbons (Fsp3) is 0. The molecular formula is C17H14N2O4S. The number of carbonyl (C=O) groups is 1. The van der Waals surface area contributed by atoms with Crippen LogP contribution in [0.5, 0.6) is 0 Å². The van der Waals surface area contributed by atoms with Crippen molar-refractivity contribution in [3.63, 3.8) is 0 Å². The van der Waals surface area contributed by atoms with Gasteiger partial charge >= 0.3 is 5.97 Å². The van der Waals surface area contributed by atoms with E-state index < -0.39 is 16.0 Å². The van der Waals surface area contributed by atoms with Gasteiger partial charge < -0.3 is 4.84 Å². The van der Waals surface area contributed by atoms with Gasteiger partial charge in [-0.25, -0.2) is 17.2 Å². The third-order valence-corrected chi connectivity index (χ3v) is 5.25. The number of fused-ring (bicyclic) bond motifs is 1. The van der Waals surface area contributed by atoms with E-state index in [0.717, 1.165) is 0 Å². The van der Waals surface area contributed by atoms with Crippen LogP contribution in [0.15, 0.2) is 71.8 Å². The summed E-state index contributed by atoms with van der Waals surface area (Å²) in [6.45, 7) is 0. The average molecular weight is 342 g/mol. The zero-order chi connectivity index (χ0) is 17.2. The van der Waals surface area contributed by atoms with Crippen LogP contribution in [0.3, 0.4) is 0 Å². The first-order valence-electron chi connectivity index (χ1n) is 7.03. The summed E-state index contributed by atoms with van der Waals surface area (Å²) in [6, 6.07) is 15.1. The van der Waals surface area contributed by atoms with Gasteiger partial charge in [-0.05, 0) is 35.9 Å². The Morgan fingerprint density at radius 2 is 1.79 bits per heavy atom. The largest absolute Gasteiger partial charge is 0.370 e. The van der Waals surface area contributed by atoms with Crippen molar-refractivity contribution in [3.05, 3.63) is 72.4 Å². The summed E-state index contributed by atoms with van der Waals surface area (Å²) in [5.41, 5.74) is 1.20. The second-order valence-electron chi connectivity index (χ2n) is 4.98. The van der Waals surface area contributed by atoms with Crippen molar-refractivity contribution >= 4 is 33.0 Å². The molecule has 0 aliphatic carbocycles. The maximum absolute atomic E-state index is 12.8. The molecule has 0 fully saturated rings. The molecule has 0 spiro atoms. The Bertz CT molecular complexity index is 1020. The van der Waals surface area contributed by atoms with Crippen LogP contribution in [0, 0.1) is 0 Å². The third-order valence-electron chi connectivity index (χ3n) is 3.55. The molecule has 0 atom stereocenters. The molecule has 24 heavy (non-hydrogen) atoms. The monoisotopic (exact) mass is 342 g/mol. The predicted molar refractivity (Wildman–Crippen MR) is 90.3 cm³/mol. The highest BCUT2D eigenvalue weighted by Crippen LogP contribution is 2.25. The summed E-state index contributed by atoms with van der Waals surface area (Å²) in [5, 5.41) is 0.693. The molecule has 0 bridgehead atoms. The van der Waals surface area contributed by atoms with Gasteiger partial charge in [0.25, 0.3) is 10.0 Å². The van der Waals surface area contributed by atoms with Crippen molar-refractivity contribution < 1.29 is 18.0 Å². The summed E-state index contributed by atoms with van der Waals surface area (Å²) >= 11 is 0. The Labute approximate surface area is 138 Å². The number of rotatable bonds is 4. The molecule has 2 aromatic carbocycles. The van der Waals surface area contributed by atoms with E-state index in [1.807, 2.05) is 0 Å². The van der Waals surface area contributed by atoms with Crippen molar-refractivity contribution in [1.82, 2.24) is 3.97 Å². The molecule has 7 heteroatoms. The molecule has 0 aliphatic rings. The number of aromatic nitrogens is 1. The first-order chi connectivity index (χ1) is 11.5. The van der Waals surface area contributed by atoms with Crippen molar-refractivity contribution in [2.24, 2.45) is 5.90 Å². The average Bonchev–Trinajstić information content (AvgIpc) is 3.05. The Balaban J connectivity index is 2.13. The van der Waals surface area contributed by atoms with Crippen LogP contribution in [-0.2, 0) is 19.7 Å². The predicted octanol–water partition coefficient (Wildman–Crippen LogP) is 2.31. The van der Waals surface area contributed by atoms with Gasteiger partial charge in [0.15, 0.2) is 0 Å². The van der Waals surface area contributed by atoms with Crippen LogP contribution < -0.4 is 5.90 Å². The highest BCUT2D eigenvalue weighted by Gasteiger charge is 2.18. The first kappa shape index (κ1) is 16.0. The van der Waals surface area contributed by atoms with Gasteiger partial charge in [-0.2, -0.15) is 5.90 Å². The quantitative estimate of drug-likeness (QED) is 0.580. The maximum atomic E-state index is 12.8. The molecule has 3 aromatic rings. The van der Waals surface area contributed by atoms with Crippen molar-refractivity contribution in [3.8, 4) is 0 Å². The molecule has 0 unspecified atom stereocenters. The molecular weight excluding hydrogens is 328 g/mol. The molecule has 6 nitrogen and oxygen atoms in total. The summed E-state index contributed by atoms with van der Waals surface area (Å²) in [7, 11) is -3.69. The normalized spacial score (nSPS) is 11.9. The van der Waals surface area contributed by atoms with E-state index in [1.165, 1.54) is 22.3 Å². The summed E-state index contributed by atoms with van der Waals surface area (Å²) in [4.78, 5) is 15.4. The Kier molecular flexibility index (Phi) is 4.20. The molecule has 0 saturated carbocycles. The zero-order valence-electron chi connectivity index (χ0n) is 12.5. The van der Waals surface area contributed by atoms with Crippen LogP contribution in [0.1, 0.15) is 5.56 Å². The molecule has 0 radical (unpaired) electrons. The van der Waals surface area contributed by atoms with E-state index in [4.69, 9.17) is 5.90 Å². The molecule has 122 valence electrons. The molecule has 2 N–H and O–H groups in total. The van der Waals surface area contributed by atoms with Crippen molar-refractivity contribution in [2.75, 3.05) is 0 Å². The third kappa shape index (κ3) is 2.82. The van der Waals surface area contributed by atoms with Crippen molar-refractivity contribution in [1.29, 1.82) is 0 Å². The highest BCUT2D eigenvalue weighted by atomic mass is 32.2. The molecule has 0 saturated heterocycles. The second kappa shape index (κ2) is 6.31. The Morgan fingerprint density at radius 3 is 2.50 bits per heavy atom. The standard InChI is InChI=1S/C17H14N2O4S/c18-23-17(20)10-9-13-5-4-8-16-15(13)11-12-19(16)24(21,22)14-6-2-1-3-7-14/h1-12H,18H2/b10-9+. The number of carbonyl (C=O) groups excluding carboxylic acids is 1. The van der Waals surface area contributed by atoms with Crippen molar-refractivity contribution in [2.45, 2.75) is 4.90 Å². The molecule has 1 aromatic heterocycles. The van der Waals surface area contributed by atoms with Crippen LogP contribution >= 0.6 is 0 Å². The van der Waals surface area contributed by atoms with Crippen LogP contribution in [0.4, 0.5) is 0 Å². The lowest BCUT2D eigenvalue weighted by atomic mass is 10.1. The van der Waals surface area contributed by atoms with Gasteiger partial charge in [-0.15, -0.1) is 0 Å². The SMILES string of the molecule is NOC(=O)/C=C/c1cccc2c1ccn2S(=O)(=O)c1ccccc1. The fourth-order valence-corrected chi connectivity index (χ4v) is 3.79. The minimum atomic E-state index is -3.69. The zero-order valence-corrected chi connectivity index (χ0v) is 13.3. The van der Waals surface area contributed by atoms with E-state index in [9.17, 15) is 13.2 Å². The Hall–Kier alpha value is -2.90. The van der Waals surface area contributed by atoms with Crippen LogP contribution in [0.2, 0.25) is 0 Å². The van der Waals surface area contributed by atoms with Gasteiger partial charge in [-0.1, -0.05) is 30.3 Å². The van der Waals surface area contributed by atoms with Crippen LogP contribution in [-0.4, -0.2) is 18.4 Å². The van der Waals surface area contributed by atoms with Gasteiger partial charge in [0.05, 0.1) is 10.4 Å². The van der Waals surface area contributed by atoms with Gasteiger partial charge in [0.2, 0.25) is 0 Å².